The molecule has 5 rings (SSSR count). The molecule has 34 heavy (non-hydrogen) atoms. The summed E-state index contributed by atoms with van der Waals surface area (Å²) in [6.45, 7) is 1.83. The van der Waals surface area contributed by atoms with E-state index >= 15 is 0 Å². The Hall–Kier alpha value is -3.34. The minimum Gasteiger partial charge on any atom is -0.497 e. The van der Waals surface area contributed by atoms with Crippen molar-refractivity contribution in [3.8, 4) is 16.9 Å². The number of aliphatic carboxylic acids is 1. The second-order valence-electron chi connectivity index (χ2n) is 9.61. The van der Waals surface area contributed by atoms with Gasteiger partial charge in [-0.05, 0) is 84.0 Å². The number of ether oxygens (including phenoxy) is 1. The number of rotatable bonds is 7. The smallest absolute Gasteiger partial charge is 0.306 e. The van der Waals surface area contributed by atoms with Crippen molar-refractivity contribution in [3.05, 3.63) is 83.2 Å². The average Bonchev–Trinajstić information content (AvgIpc) is 3.69. The zero-order chi connectivity index (χ0) is 23.8. The first-order valence-corrected chi connectivity index (χ1v) is 12.0. The van der Waals surface area contributed by atoms with Crippen LogP contribution in [0, 0.1) is 17.7 Å². The minimum absolute atomic E-state index is 0.0574. The van der Waals surface area contributed by atoms with Crippen LogP contribution in [0.1, 0.15) is 54.8 Å². The number of hydrogen-bond donors (Lipinski definition) is 2. The molecular weight excluding hydrogens is 429 g/mol. The first kappa shape index (κ1) is 22.5. The second kappa shape index (κ2) is 9.13. The summed E-state index contributed by atoms with van der Waals surface area (Å²) < 4.78 is 19.6. The fraction of sp³-hybridized carbons (Fsp3) is 0.345. The SMILES string of the molecule is COc1ccc(F)c(-c2ccc([C@@H]3CCc4ccc([C@H](C5CC5)[C@H](C)C(=O)O)cc4N3)cc2)c1. The van der Waals surface area contributed by atoms with Crippen LogP contribution in [-0.4, -0.2) is 18.2 Å². The zero-order valence-corrected chi connectivity index (χ0v) is 19.6. The largest absolute Gasteiger partial charge is 0.497 e. The van der Waals surface area contributed by atoms with E-state index in [1.54, 1.807) is 19.2 Å². The topological polar surface area (TPSA) is 58.6 Å². The van der Waals surface area contributed by atoms with Gasteiger partial charge < -0.3 is 15.2 Å². The van der Waals surface area contributed by atoms with E-state index in [1.165, 1.54) is 11.6 Å². The molecule has 5 heteroatoms. The molecular formula is C29H30FNO3. The maximum atomic E-state index is 14.4. The fourth-order valence-corrected chi connectivity index (χ4v) is 5.29. The lowest BCUT2D eigenvalue weighted by atomic mass is 9.82. The van der Waals surface area contributed by atoms with Crippen LogP contribution in [0.15, 0.2) is 60.7 Å². The molecule has 4 nitrogen and oxygen atoms in total. The Morgan fingerprint density at radius 2 is 1.82 bits per heavy atom. The molecule has 1 saturated carbocycles. The summed E-state index contributed by atoms with van der Waals surface area (Å²) in [6.07, 6.45) is 4.14. The van der Waals surface area contributed by atoms with Crippen LogP contribution < -0.4 is 10.1 Å². The summed E-state index contributed by atoms with van der Waals surface area (Å²) in [7, 11) is 1.58. The Kier molecular flexibility index (Phi) is 6.03. The lowest BCUT2D eigenvalue weighted by molar-refractivity contribution is -0.142. The van der Waals surface area contributed by atoms with Crippen molar-refractivity contribution in [2.45, 2.75) is 44.6 Å². The number of carboxylic acids is 1. The highest BCUT2D eigenvalue weighted by atomic mass is 19.1. The van der Waals surface area contributed by atoms with Gasteiger partial charge in [0.1, 0.15) is 11.6 Å². The number of halogens is 1. The molecule has 0 amide bonds. The molecule has 0 saturated heterocycles. The van der Waals surface area contributed by atoms with Crippen LogP contribution in [-0.2, 0) is 11.2 Å². The van der Waals surface area contributed by atoms with Crippen LogP contribution in [0.3, 0.4) is 0 Å². The van der Waals surface area contributed by atoms with Crippen LogP contribution in [0.4, 0.5) is 10.1 Å². The first-order valence-electron chi connectivity index (χ1n) is 12.0. The van der Waals surface area contributed by atoms with E-state index in [1.807, 2.05) is 19.1 Å². The average molecular weight is 460 g/mol. The highest BCUT2D eigenvalue weighted by molar-refractivity contribution is 5.71. The number of aryl methyl sites for hydroxylation is 1. The fourth-order valence-electron chi connectivity index (χ4n) is 5.29. The van der Waals surface area contributed by atoms with Gasteiger partial charge in [-0.25, -0.2) is 4.39 Å². The molecule has 3 aromatic carbocycles. The standard InChI is InChI=1S/C29H30FNO3/c1-17(29(32)33)28(21-8-9-21)22-10-7-20-11-14-26(31-27(20)15-22)19-5-3-18(4-6-19)24-16-23(34-2)12-13-25(24)30/h3-7,10,12-13,15-17,21,26,28,31H,8-9,11,14H2,1-2H3,(H,32,33)/t17-,26-,28-/m0/s1. The van der Waals surface area contributed by atoms with Gasteiger partial charge in [-0.1, -0.05) is 43.3 Å². The lowest BCUT2D eigenvalue weighted by Crippen LogP contribution is -2.22. The third-order valence-electron chi connectivity index (χ3n) is 7.41. The van der Waals surface area contributed by atoms with Gasteiger partial charge in [0.05, 0.1) is 19.1 Å². The molecule has 0 aromatic heterocycles. The summed E-state index contributed by atoms with van der Waals surface area (Å²) in [6, 6.07) is 19.4. The molecule has 0 spiro atoms. The first-order chi connectivity index (χ1) is 16.4. The number of carbonyl (C=O) groups is 1. The predicted molar refractivity (Wildman–Crippen MR) is 132 cm³/mol. The van der Waals surface area contributed by atoms with Gasteiger partial charge in [0, 0.05) is 11.3 Å². The van der Waals surface area contributed by atoms with Crippen LogP contribution in [0.5, 0.6) is 5.75 Å². The zero-order valence-electron chi connectivity index (χ0n) is 19.6. The molecule has 2 aliphatic rings. The Labute approximate surface area is 199 Å². The Balaban J connectivity index is 1.37. The van der Waals surface area contributed by atoms with E-state index in [0.717, 1.165) is 48.1 Å². The van der Waals surface area contributed by atoms with E-state index < -0.39 is 11.9 Å². The number of carboxylic acid groups (broad SMARTS) is 1. The monoisotopic (exact) mass is 459 g/mol. The van der Waals surface area contributed by atoms with Gasteiger partial charge in [0.15, 0.2) is 0 Å². The van der Waals surface area contributed by atoms with Crippen molar-refractivity contribution in [1.29, 1.82) is 0 Å². The summed E-state index contributed by atoms with van der Waals surface area (Å²) in [5.41, 5.74) is 5.98. The number of hydrogen-bond acceptors (Lipinski definition) is 3. The van der Waals surface area contributed by atoms with E-state index in [2.05, 4.69) is 35.6 Å². The molecule has 0 unspecified atom stereocenters. The van der Waals surface area contributed by atoms with E-state index in [9.17, 15) is 14.3 Å². The maximum Gasteiger partial charge on any atom is 0.306 e. The lowest BCUT2D eigenvalue weighted by Gasteiger charge is -2.30. The third kappa shape index (κ3) is 4.39. The molecule has 176 valence electrons. The highest BCUT2D eigenvalue weighted by Crippen LogP contribution is 2.48. The van der Waals surface area contributed by atoms with Gasteiger partial charge in [0.2, 0.25) is 0 Å². The summed E-state index contributed by atoms with van der Waals surface area (Å²) in [4.78, 5) is 11.7. The molecule has 1 fully saturated rings. The van der Waals surface area contributed by atoms with Gasteiger partial charge in [0.25, 0.3) is 0 Å². The summed E-state index contributed by atoms with van der Waals surface area (Å²) in [5, 5.41) is 13.3. The molecule has 1 aliphatic heterocycles. The molecule has 3 aromatic rings. The van der Waals surface area contributed by atoms with Crippen molar-refractivity contribution >= 4 is 11.7 Å². The molecule has 1 heterocycles. The number of fused-ring (bicyclic) bond motifs is 1. The van der Waals surface area contributed by atoms with Crippen molar-refractivity contribution < 1.29 is 19.0 Å². The Morgan fingerprint density at radius 3 is 2.50 bits per heavy atom. The molecule has 3 atom stereocenters. The Morgan fingerprint density at radius 1 is 1.06 bits per heavy atom. The van der Waals surface area contributed by atoms with E-state index in [4.69, 9.17) is 4.74 Å². The van der Waals surface area contributed by atoms with Crippen molar-refractivity contribution in [3.63, 3.8) is 0 Å². The van der Waals surface area contributed by atoms with Gasteiger partial charge in [-0.2, -0.15) is 0 Å². The normalized spacial score (nSPS) is 19.0. The molecule has 0 radical (unpaired) electrons. The summed E-state index contributed by atoms with van der Waals surface area (Å²) in [5.74, 6) is -0.243. The molecule has 0 bridgehead atoms. The predicted octanol–water partition coefficient (Wildman–Crippen LogP) is 6.82. The third-order valence-corrected chi connectivity index (χ3v) is 7.41. The number of benzene rings is 3. The highest BCUT2D eigenvalue weighted by Gasteiger charge is 2.39. The number of nitrogens with one attached hydrogen (secondary N) is 1. The Bertz CT molecular complexity index is 1200. The second-order valence-corrected chi connectivity index (χ2v) is 9.61. The van der Waals surface area contributed by atoms with Crippen molar-refractivity contribution in [2.24, 2.45) is 11.8 Å². The van der Waals surface area contributed by atoms with Crippen LogP contribution >= 0.6 is 0 Å². The van der Waals surface area contributed by atoms with Gasteiger partial charge in [-0.15, -0.1) is 0 Å². The van der Waals surface area contributed by atoms with Crippen LogP contribution in [0.25, 0.3) is 11.1 Å². The molecule has 2 N–H and O–H groups in total. The van der Waals surface area contributed by atoms with Gasteiger partial charge in [-0.3, -0.25) is 4.79 Å². The molecule has 1 aliphatic carbocycles. The maximum absolute atomic E-state index is 14.4. The van der Waals surface area contributed by atoms with E-state index in [0.29, 0.717) is 17.2 Å². The van der Waals surface area contributed by atoms with Crippen LogP contribution in [0.2, 0.25) is 0 Å². The summed E-state index contributed by atoms with van der Waals surface area (Å²) >= 11 is 0. The quantitative estimate of drug-likeness (QED) is 0.407. The number of methoxy groups -OCH3 is 1. The number of anilines is 1. The minimum atomic E-state index is -0.729. The van der Waals surface area contributed by atoms with Gasteiger partial charge >= 0.3 is 5.97 Å². The van der Waals surface area contributed by atoms with E-state index in [-0.39, 0.29) is 17.8 Å². The van der Waals surface area contributed by atoms with Crippen molar-refractivity contribution in [1.82, 2.24) is 0 Å². The van der Waals surface area contributed by atoms with Crippen molar-refractivity contribution in [2.75, 3.05) is 12.4 Å².